The molecule has 0 aliphatic carbocycles. The van der Waals surface area contributed by atoms with Gasteiger partial charge in [0.15, 0.2) is 0 Å². The summed E-state index contributed by atoms with van der Waals surface area (Å²) in [6, 6.07) is 3.25. The molecule has 1 aliphatic rings. The predicted molar refractivity (Wildman–Crippen MR) is 134 cm³/mol. The lowest BCUT2D eigenvalue weighted by Crippen LogP contribution is -2.35. The number of alkyl halides is 3. The van der Waals surface area contributed by atoms with Crippen molar-refractivity contribution in [3.63, 3.8) is 0 Å². The average Bonchev–Trinajstić information content (AvgIpc) is 3.31. The van der Waals surface area contributed by atoms with Gasteiger partial charge in [0.1, 0.15) is 34.1 Å². The van der Waals surface area contributed by atoms with Crippen LogP contribution in [0, 0.1) is 5.82 Å². The SMILES string of the molecule is CSN1CCC(Nc2ncc(C(F)(F)F)c(-c3cn(-c4ccc(CN(C)C)c(F)c4Cl)cn3)n2)CC1. The van der Waals surface area contributed by atoms with Gasteiger partial charge in [-0.1, -0.05) is 29.6 Å². The third-order valence-corrected chi connectivity index (χ3v) is 7.11. The summed E-state index contributed by atoms with van der Waals surface area (Å²) in [4.78, 5) is 14.0. The summed E-state index contributed by atoms with van der Waals surface area (Å²) in [5.74, 6) is -0.484. The van der Waals surface area contributed by atoms with Gasteiger partial charge in [0.2, 0.25) is 5.95 Å². The van der Waals surface area contributed by atoms with Gasteiger partial charge in [-0.05, 0) is 39.3 Å². The van der Waals surface area contributed by atoms with Crippen LogP contribution in [0.2, 0.25) is 5.02 Å². The summed E-state index contributed by atoms with van der Waals surface area (Å²) >= 11 is 7.93. The number of imidazole rings is 1. The second-order valence-electron chi connectivity index (χ2n) is 8.76. The van der Waals surface area contributed by atoms with Crippen molar-refractivity contribution in [2.75, 3.05) is 38.8 Å². The van der Waals surface area contributed by atoms with Crippen LogP contribution in [0.4, 0.5) is 23.5 Å². The molecule has 3 heterocycles. The molecule has 0 amide bonds. The van der Waals surface area contributed by atoms with Crippen molar-refractivity contribution in [3.8, 4) is 17.1 Å². The highest BCUT2D eigenvalue weighted by Gasteiger charge is 2.36. The zero-order chi connectivity index (χ0) is 26.0. The first-order valence-electron chi connectivity index (χ1n) is 11.2. The first kappa shape index (κ1) is 26.6. The number of rotatable bonds is 7. The molecule has 0 unspecified atom stereocenters. The lowest BCUT2D eigenvalue weighted by atomic mass is 10.1. The second kappa shape index (κ2) is 10.9. The highest BCUT2D eigenvalue weighted by molar-refractivity contribution is 7.96. The van der Waals surface area contributed by atoms with Crippen molar-refractivity contribution in [1.82, 2.24) is 28.7 Å². The van der Waals surface area contributed by atoms with Crippen molar-refractivity contribution >= 4 is 29.5 Å². The van der Waals surface area contributed by atoms with Gasteiger partial charge in [0.25, 0.3) is 0 Å². The minimum atomic E-state index is -4.68. The molecular weight excluding hydrogens is 518 g/mol. The van der Waals surface area contributed by atoms with Crippen LogP contribution in [-0.4, -0.2) is 68.2 Å². The molecule has 2 aromatic heterocycles. The number of aromatic nitrogens is 4. The smallest absolute Gasteiger partial charge is 0.351 e. The summed E-state index contributed by atoms with van der Waals surface area (Å²) in [5.41, 5.74) is -0.727. The molecule has 1 N–H and O–H groups in total. The topological polar surface area (TPSA) is 62.1 Å². The van der Waals surface area contributed by atoms with Gasteiger partial charge >= 0.3 is 6.18 Å². The van der Waals surface area contributed by atoms with Crippen LogP contribution in [0.15, 0.2) is 30.9 Å². The minimum Gasteiger partial charge on any atom is -0.351 e. The molecule has 7 nitrogen and oxygen atoms in total. The van der Waals surface area contributed by atoms with E-state index in [1.165, 1.54) is 17.1 Å². The zero-order valence-corrected chi connectivity index (χ0v) is 21.6. The van der Waals surface area contributed by atoms with Crippen molar-refractivity contribution < 1.29 is 17.6 Å². The van der Waals surface area contributed by atoms with E-state index < -0.39 is 17.6 Å². The fourth-order valence-corrected chi connectivity index (χ4v) is 4.90. The van der Waals surface area contributed by atoms with Crippen molar-refractivity contribution in [3.05, 3.63) is 52.8 Å². The molecule has 1 aliphatic heterocycles. The number of benzene rings is 1. The van der Waals surface area contributed by atoms with Gasteiger partial charge < -0.3 is 14.8 Å². The standard InChI is InChI=1S/C23H26ClF4N7S/c1-33(2)11-14-4-5-18(19(24)20(14)25)34-12-17(30-13-34)21-16(23(26,27)28)10-29-22(32-21)31-15-6-8-35(36-3)9-7-15/h4-5,10,12-13,15H,6-9,11H2,1-3H3,(H,29,31,32). The van der Waals surface area contributed by atoms with Gasteiger partial charge in [0.05, 0.1) is 5.69 Å². The van der Waals surface area contributed by atoms with Crippen LogP contribution < -0.4 is 5.32 Å². The Morgan fingerprint density at radius 1 is 1.19 bits per heavy atom. The highest BCUT2D eigenvalue weighted by Crippen LogP contribution is 2.36. The van der Waals surface area contributed by atoms with Gasteiger partial charge in [-0.2, -0.15) is 13.2 Å². The largest absolute Gasteiger partial charge is 0.420 e. The van der Waals surface area contributed by atoms with E-state index >= 15 is 0 Å². The number of hydrogen-bond acceptors (Lipinski definition) is 7. The maximum atomic E-state index is 14.8. The summed E-state index contributed by atoms with van der Waals surface area (Å²) in [7, 11) is 3.61. The van der Waals surface area contributed by atoms with E-state index in [4.69, 9.17) is 11.6 Å². The predicted octanol–water partition coefficient (Wildman–Crippen LogP) is 5.36. The van der Waals surface area contributed by atoms with E-state index in [1.807, 2.05) is 6.26 Å². The third-order valence-electron chi connectivity index (χ3n) is 5.87. The molecular formula is C23H26ClF4N7S. The molecule has 0 radical (unpaired) electrons. The van der Waals surface area contributed by atoms with Crippen molar-refractivity contribution in [2.24, 2.45) is 0 Å². The molecule has 1 saturated heterocycles. The van der Waals surface area contributed by atoms with Gasteiger partial charge in [-0.15, -0.1) is 0 Å². The van der Waals surface area contributed by atoms with E-state index in [-0.39, 0.29) is 34.1 Å². The number of hydrogen-bond donors (Lipinski definition) is 1. The Morgan fingerprint density at radius 3 is 2.56 bits per heavy atom. The van der Waals surface area contributed by atoms with Gasteiger partial charge in [-0.3, -0.25) is 4.31 Å². The zero-order valence-electron chi connectivity index (χ0n) is 20.0. The lowest BCUT2D eigenvalue weighted by molar-refractivity contribution is -0.137. The molecule has 3 aromatic rings. The van der Waals surface area contributed by atoms with E-state index in [2.05, 4.69) is 24.6 Å². The lowest BCUT2D eigenvalue weighted by Gasteiger charge is -2.30. The third kappa shape index (κ3) is 5.93. The van der Waals surface area contributed by atoms with E-state index in [0.717, 1.165) is 32.1 Å². The number of piperidine rings is 1. The summed E-state index contributed by atoms with van der Waals surface area (Å²) in [6.45, 7) is 2.08. The molecule has 4 rings (SSSR count). The molecule has 36 heavy (non-hydrogen) atoms. The first-order valence-corrected chi connectivity index (χ1v) is 12.8. The highest BCUT2D eigenvalue weighted by atomic mass is 35.5. The maximum Gasteiger partial charge on any atom is 0.420 e. The molecule has 0 saturated carbocycles. The molecule has 0 spiro atoms. The number of halogens is 5. The Bertz CT molecular complexity index is 1210. The number of nitrogens with zero attached hydrogens (tertiary/aromatic N) is 6. The maximum absolute atomic E-state index is 14.8. The normalized spacial score (nSPS) is 15.6. The molecule has 194 valence electrons. The monoisotopic (exact) mass is 543 g/mol. The first-order chi connectivity index (χ1) is 17.1. The Balaban J connectivity index is 1.65. The molecule has 1 fully saturated rings. The summed E-state index contributed by atoms with van der Waals surface area (Å²) in [6.07, 6.45) is 2.38. The Kier molecular flexibility index (Phi) is 8.08. The van der Waals surface area contributed by atoms with Gasteiger partial charge in [0, 0.05) is 43.6 Å². The minimum absolute atomic E-state index is 0.0289. The summed E-state index contributed by atoms with van der Waals surface area (Å²) < 4.78 is 59.8. The van der Waals surface area contributed by atoms with E-state index in [0.29, 0.717) is 12.1 Å². The quantitative estimate of drug-likeness (QED) is 0.318. The van der Waals surface area contributed by atoms with Crippen LogP contribution in [-0.2, 0) is 12.7 Å². The molecule has 1 aromatic carbocycles. The summed E-state index contributed by atoms with van der Waals surface area (Å²) in [5, 5.41) is 3.01. The van der Waals surface area contributed by atoms with Gasteiger partial charge in [-0.25, -0.2) is 19.3 Å². The Hall–Kier alpha value is -2.41. The van der Waals surface area contributed by atoms with Crippen LogP contribution in [0.5, 0.6) is 0 Å². The molecule has 13 heteroatoms. The fourth-order valence-electron chi connectivity index (χ4n) is 4.04. The molecule has 0 bridgehead atoms. The van der Waals surface area contributed by atoms with Crippen molar-refractivity contribution in [1.29, 1.82) is 0 Å². The Labute approximate surface area is 216 Å². The Morgan fingerprint density at radius 2 is 1.92 bits per heavy atom. The van der Waals surface area contributed by atoms with Crippen molar-refractivity contribution in [2.45, 2.75) is 31.6 Å². The van der Waals surface area contributed by atoms with Crippen LogP contribution in [0.3, 0.4) is 0 Å². The second-order valence-corrected chi connectivity index (χ2v) is 10.0. The molecule has 0 atom stereocenters. The van der Waals surface area contributed by atoms with E-state index in [1.54, 1.807) is 43.1 Å². The van der Waals surface area contributed by atoms with Crippen LogP contribution in [0.25, 0.3) is 17.1 Å². The number of nitrogens with one attached hydrogen (secondary N) is 1. The van der Waals surface area contributed by atoms with E-state index in [9.17, 15) is 17.6 Å². The fraction of sp³-hybridized carbons (Fsp3) is 0.435. The van der Waals surface area contributed by atoms with Crippen LogP contribution in [0.1, 0.15) is 24.0 Å². The number of anilines is 1. The average molecular weight is 544 g/mol. The van der Waals surface area contributed by atoms with Crippen LogP contribution >= 0.6 is 23.5 Å².